The number of nitrogens with zero attached hydrogens (tertiary/aromatic N) is 2. The molecule has 2 saturated heterocycles. The van der Waals surface area contributed by atoms with Gasteiger partial charge in [-0.3, -0.25) is 24.6 Å². The van der Waals surface area contributed by atoms with E-state index >= 15 is 0 Å². The summed E-state index contributed by atoms with van der Waals surface area (Å²) in [5.41, 5.74) is 1.31. The molecule has 1 saturated carbocycles. The van der Waals surface area contributed by atoms with E-state index in [1.807, 2.05) is 19.2 Å². The maximum Gasteiger partial charge on any atom is 0.471 e. The van der Waals surface area contributed by atoms with Crippen LogP contribution in [0.2, 0.25) is 0 Å². The molecule has 0 unspecified atom stereocenters. The molecule has 0 aromatic rings. The standard InChI is InChI=1S/C27H42F3N5O6/c1-8-14(2)18(32-23(39)27(28,29)30)22(38)34-13-16-17(26(16,6)7)19(34)21(37)33-35(24(40)41-25(3,4)5)12-15-10-9-11-31-20(15)36/h14-19H,8-13H2,1-7H3,(H,31,36)(H,32,39)(H,33,37)/t14-,15+,16-,17-,18-,19-/m0/s1. The molecule has 2 aliphatic heterocycles. The third-order valence-corrected chi connectivity index (χ3v) is 8.44. The molecule has 1 aliphatic carbocycles. The van der Waals surface area contributed by atoms with Gasteiger partial charge in [-0.2, -0.15) is 13.2 Å². The van der Waals surface area contributed by atoms with E-state index in [9.17, 15) is 37.1 Å². The molecule has 5 amide bonds. The van der Waals surface area contributed by atoms with Crippen LogP contribution < -0.4 is 16.1 Å². The van der Waals surface area contributed by atoms with E-state index in [4.69, 9.17) is 4.74 Å². The average molecular weight is 590 g/mol. The molecule has 0 radical (unpaired) electrons. The summed E-state index contributed by atoms with van der Waals surface area (Å²) in [4.78, 5) is 66.0. The Kier molecular flexibility index (Phi) is 9.24. The van der Waals surface area contributed by atoms with Crippen molar-refractivity contribution in [3.05, 3.63) is 0 Å². The van der Waals surface area contributed by atoms with Crippen molar-refractivity contribution >= 4 is 29.7 Å². The van der Waals surface area contributed by atoms with Crippen LogP contribution in [0.1, 0.15) is 67.7 Å². The molecular weight excluding hydrogens is 547 g/mol. The third-order valence-electron chi connectivity index (χ3n) is 8.44. The molecule has 41 heavy (non-hydrogen) atoms. The summed E-state index contributed by atoms with van der Waals surface area (Å²) in [5.74, 6) is -5.68. The summed E-state index contributed by atoms with van der Waals surface area (Å²) >= 11 is 0. The Hall–Kier alpha value is -3.06. The quantitative estimate of drug-likeness (QED) is 0.390. The van der Waals surface area contributed by atoms with Gasteiger partial charge < -0.3 is 20.3 Å². The number of alkyl halides is 3. The molecule has 6 atom stereocenters. The smallest absolute Gasteiger partial charge is 0.442 e. The Morgan fingerprint density at radius 2 is 1.83 bits per heavy atom. The Labute approximate surface area is 238 Å². The van der Waals surface area contributed by atoms with Crippen LogP contribution in [0.15, 0.2) is 0 Å². The minimum Gasteiger partial charge on any atom is -0.442 e. The minimum atomic E-state index is -5.18. The molecule has 232 valence electrons. The second-order valence-electron chi connectivity index (χ2n) is 12.9. The molecule has 3 N–H and O–H groups in total. The van der Waals surface area contributed by atoms with Crippen LogP contribution in [0.3, 0.4) is 0 Å². The second-order valence-corrected chi connectivity index (χ2v) is 12.9. The number of carbonyl (C=O) groups excluding carboxylic acids is 5. The molecule has 11 nitrogen and oxygen atoms in total. The van der Waals surface area contributed by atoms with Crippen LogP contribution in [-0.4, -0.2) is 83.1 Å². The van der Waals surface area contributed by atoms with Crippen LogP contribution in [-0.2, 0) is 23.9 Å². The van der Waals surface area contributed by atoms with Crippen molar-refractivity contribution in [3.8, 4) is 0 Å². The number of carbonyl (C=O) groups is 5. The Morgan fingerprint density at radius 3 is 2.37 bits per heavy atom. The van der Waals surface area contributed by atoms with E-state index in [2.05, 4.69) is 10.7 Å². The fraction of sp³-hybridized carbons (Fsp3) is 0.815. The van der Waals surface area contributed by atoms with E-state index < -0.39 is 59.5 Å². The van der Waals surface area contributed by atoms with Crippen molar-refractivity contribution in [2.45, 2.75) is 91.6 Å². The van der Waals surface area contributed by atoms with Crippen LogP contribution in [0.25, 0.3) is 0 Å². The van der Waals surface area contributed by atoms with Gasteiger partial charge >= 0.3 is 18.2 Å². The number of fused-ring (bicyclic) bond motifs is 1. The van der Waals surface area contributed by atoms with Gasteiger partial charge in [0.2, 0.25) is 11.8 Å². The molecule has 3 fully saturated rings. The highest BCUT2D eigenvalue weighted by Gasteiger charge is 2.70. The summed E-state index contributed by atoms with van der Waals surface area (Å²) in [7, 11) is 0. The van der Waals surface area contributed by atoms with Crippen LogP contribution in [0.4, 0.5) is 18.0 Å². The lowest BCUT2D eigenvalue weighted by Crippen LogP contribution is -2.61. The van der Waals surface area contributed by atoms with Gasteiger partial charge in [-0.15, -0.1) is 0 Å². The van der Waals surface area contributed by atoms with Gasteiger partial charge in [0.25, 0.3) is 5.91 Å². The summed E-state index contributed by atoms with van der Waals surface area (Å²) in [6.45, 7) is 12.5. The zero-order valence-electron chi connectivity index (χ0n) is 24.7. The number of hydrogen-bond donors (Lipinski definition) is 3. The molecule has 0 spiro atoms. The predicted molar refractivity (Wildman–Crippen MR) is 141 cm³/mol. The number of nitrogens with one attached hydrogen (secondary N) is 3. The largest absolute Gasteiger partial charge is 0.471 e. The first-order valence-electron chi connectivity index (χ1n) is 14.1. The lowest BCUT2D eigenvalue weighted by atomic mass is 9.95. The number of halogens is 3. The van der Waals surface area contributed by atoms with E-state index in [-0.39, 0.29) is 36.2 Å². The third kappa shape index (κ3) is 7.24. The van der Waals surface area contributed by atoms with Crippen molar-refractivity contribution in [1.29, 1.82) is 0 Å². The predicted octanol–water partition coefficient (Wildman–Crippen LogP) is 2.36. The summed E-state index contributed by atoms with van der Waals surface area (Å²) in [6, 6.07) is -2.61. The zero-order valence-corrected chi connectivity index (χ0v) is 24.7. The topological polar surface area (TPSA) is 137 Å². The summed E-state index contributed by atoms with van der Waals surface area (Å²) in [5, 5.41) is 5.50. The van der Waals surface area contributed by atoms with Crippen LogP contribution >= 0.6 is 0 Å². The first-order chi connectivity index (χ1) is 18.8. The first kappa shape index (κ1) is 32.5. The highest BCUT2D eigenvalue weighted by atomic mass is 19.4. The fourth-order valence-corrected chi connectivity index (χ4v) is 5.81. The summed E-state index contributed by atoms with van der Waals surface area (Å²) < 4.78 is 44.7. The monoisotopic (exact) mass is 589 g/mol. The Balaban J connectivity index is 1.88. The maximum atomic E-state index is 13.8. The van der Waals surface area contributed by atoms with Crippen molar-refractivity contribution in [1.82, 2.24) is 26.0 Å². The van der Waals surface area contributed by atoms with Crippen LogP contribution in [0.5, 0.6) is 0 Å². The zero-order chi connectivity index (χ0) is 31.1. The maximum absolute atomic E-state index is 13.8. The number of amides is 5. The van der Waals surface area contributed by atoms with Gasteiger partial charge in [0.05, 0.1) is 12.5 Å². The van der Waals surface area contributed by atoms with Gasteiger partial charge in [0.1, 0.15) is 17.7 Å². The molecule has 0 aromatic heterocycles. The highest BCUT2D eigenvalue weighted by molar-refractivity contribution is 5.95. The fourth-order valence-electron chi connectivity index (χ4n) is 5.81. The molecule has 2 heterocycles. The van der Waals surface area contributed by atoms with Crippen molar-refractivity contribution in [3.63, 3.8) is 0 Å². The molecule has 0 bridgehead atoms. The SMILES string of the molecule is CC[C@H](C)[C@H](NC(=O)C(F)(F)F)C(=O)N1C[C@H]2[C@@H]([C@H]1C(=O)NN(C[C@H]1CCCNC1=O)C(=O)OC(C)(C)C)C2(C)C. The lowest BCUT2D eigenvalue weighted by molar-refractivity contribution is -0.175. The summed E-state index contributed by atoms with van der Waals surface area (Å²) in [6.07, 6.45) is -4.59. The number of hydrogen-bond acceptors (Lipinski definition) is 6. The molecule has 3 rings (SSSR count). The van der Waals surface area contributed by atoms with Gasteiger partial charge in [-0.25, -0.2) is 9.80 Å². The molecule has 0 aromatic carbocycles. The second kappa shape index (κ2) is 11.7. The van der Waals surface area contributed by atoms with Crippen molar-refractivity contribution < 1.29 is 41.9 Å². The normalized spacial score (nSPS) is 26.7. The van der Waals surface area contributed by atoms with E-state index in [0.717, 1.165) is 5.01 Å². The van der Waals surface area contributed by atoms with E-state index in [0.29, 0.717) is 25.8 Å². The molecular formula is C27H42F3N5O6. The van der Waals surface area contributed by atoms with Gasteiger partial charge in [-0.1, -0.05) is 34.1 Å². The van der Waals surface area contributed by atoms with Crippen LogP contribution in [0, 0.1) is 29.1 Å². The van der Waals surface area contributed by atoms with Crippen molar-refractivity contribution in [2.24, 2.45) is 29.1 Å². The van der Waals surface area contributed by atoms with E-state index in [1.54, 1.807) is 34.6 Å². The number of hydrazine groups is 1. The Bertz CT molecular complexity index is 1060. The number of piperidine rings is 2. The number of ether oxygens (including phenoxy) is 1. The highest BCUT2D eigenvalue weighted by Crippen LogP contribution is 2.65. The van der Waals surface area contributed by atoms with Crippen molar-refractivity contribution in [2.75, 3.05) is 19.6 Å². The Morgan fingerprint density at radius 1 is 1.20 bits per heavy atom. The van der Waals surface area contributed by atoms with Gasteiger partial charge in [0.15, 0.2) is 0 Å². The number of rotatable bonds is 7. The minimum absolute atomic E-state index is 0.0998. The van der Waals surface area contributed by atoms with Gasteiger partial charge in [-0.05, 0) is 56.8 Å². The molecule has 3 aliphatic rings. The van der Waals surface area contributed by atoms with E-state index in [1.165, 1.54) is 4.90 Å². The number of likely N-dealkylation sites (tertiary alicyclic amines) is 1. The average Bonchev–Trinajstić information content (AvgIpc) is 3.18. The molecule has 14 heteroatoms. The first-order valence-corrected chi connectivity index (χ1v) is 14.1. The van der Waals surface area contributed by atoms with Gasteiger partial charge in [0, 0.05) is 13.1 Å². The lowest BCUT2D eigenvalue weighted by Gasteiger charge is -2.36.